The summed E-state index contributed by atoms with van der Waals surface area (Å²) in [5, 5.41) is 8.94. The maximum absolute atomic E-state index is 8.94. The molecule has 1 heterocycles. The molecule has 3 heteroatoms. The summed E-state index contributed by atoms with van der Waals surface area (Å²) in [5.74, 6) is 0. The van der Waals surface area contributed by atoms with Crippen LogP contribution in [-0.4, -0.2) is 12.0 Å². The van der Waals surface area contributed by atoms with Crippen LogP contribution in [0.4, 0.5) is 5.69 Å². The van der Waals surface area contributed by atoms with E-state index in [2.05, 4.69) is 16.0 Å². The predicted molar refractivity (Wildman–Crippen MR) is 77.0 cm³/mol. The highest BCUT2D eigenvalue weighted by Crippen LogP contribution is 2.19. The molecule has 0 fully saturated rings. The summed E-state index contributed by atoms with van der Waals surface area (Å²) in [6.07, 6.45) is 0. The van der Waals surface area contributed by atoms with Gasteiger partial charge in [-0.2, -0.15) is 5.26 Å². The van der Waals surface area contributed by atoms with Crippen LogP contribution >= 0.6 is 0 Å². The first-order valence-corrected chi connectivity index (χ1v) is 6.24. The fraction of sp³-hybridized carbons (Fsp3) is 0.250. The van der Waals surface area contributed by atoms with Crippen LogP contribution in [0.15, 0.2) is 36.4 Å². The monoisotopic (exact) mass is 251 g/mol. The van der Waals surface area contributed by atoms with Gasteiger partial charge in [0.2, 0.25) is 0 Å². The number of benzene rings is 1. The van der Waals surface area contributed by atoms with Gasteiger partial charge >= 0.3 is 0 Å². The van der Waals surface area contributed by atoms with E-state index in [0.717, 1.165) is 34.7 Å². The number of nitrogens with zero attached hydrogens (tertiary/aromatic N) is 3. The quantitative estimate of drug-likeness (QED) is 0.841. The van der Waals surface area contributed by atoms with Gasteiger partial charge in [-0.25, -0.2) is 0 Å². The number of aromatic nitrogens is 1. The summed E-state index contributed by atoms with van der Waals surface area (Å²) in [6, 6.07) is 14.1. The van der Waals surface area contributed by atoms with Gasteiger partial charge in [-0.3, -0.25) is 4.98 Å². The van der Waals surface area contributed by atoms with E-state index in [-0.39, 0.29) is 0 Å². The van der Waals surface area contributed by atoms with Gasteiger partial charge in [0.05, 0.1) is 23.9 Å². The average molecular weight is 251 g/mol. The molecule has 2 aromatic rings. The smallest absolute Gasteiger partial charge is 0.0994 e. The molecule has 1 aromatic heterocycles. The molecule has 0 radical (unpaired) electrons. The molecule has 0 aliphatic heterocycles. The highest BCUT2D eigenvalue weighted by molar-refractivity contribution is 5.53. The van der Waals surface area contributed by atoms with Gasteiger partial charge in [0.15, 0.2) is 0 Å². The topological polar surface area (TPSA) is 39.9 Å². The molecule has 96 valence electrons. The van der Waals surface area contributed by atoms with E-state index >= 15 is 0 Å². The zero-order chi connectivity index (χ0) is 13.8. The van der Waals surface area contributed by atoms with Crippen LogP contribution in [0.2, 0.25) is 0 Å². The van der Waals surface area contributed by atoms with Crippen molar-refractivity contribution in [3.63, 3.8) is 0 Å². The van der Waals surface area contributed by atoms with Crippen molar-refractivity contribution in [1.29, 1.82) is 5.26 Å². The third kappa shape index (κ3) is 3.11. The maximum atomic E-state index is 8.94. The lowest BCUT2D eigenvalue weighted by atomic mass is 10.1. The molecule has 0 unspecified atom stereocenters. The lowest BCUT2D eigenvalue weighted by molar-refractivity contribution is 0.876. The highest BCUT2D eigenvalue weighted by Gasteiger charge is 2.05. The minimum Gasteiger partial charge on any atom is -0.369 e. The second-order valence-electron chi connectivity index (χ2n) is 4.74. The largest absolute Gasteiger partial charge is 0.369 e. The lowest BCUT2D eigenvalue weighted by Crippen LogP contribution is -2.17. The van der Waals surface area contributed by atoms with Gasteiger partial charge in [0.25, 0.3) is 0 Å². The van der Waals surface area contributed by atoms with E-state index in [1.807, 2.05) is 57.3 Å². The molecule has 1 aromatic carbocycles. The van der Waals surface area contributed by atoms with Crippen molar-refractivity contribution in [2.24, 2.45) is 0 Å². The number of hydrogen-bond donors (Lipinski definition) is 0. The number of rotatable bonds is 3. The van der Waals surface area contributed by atoms with Crippen molar-refractivity contribution < 1.29 is 0 Å². The van der Waals surface area contributed by atoms with E-state index < -0.39 is 0 Å². The minimum atomic E-state index is 0.728. The van der Waals surface area contributed by atoms with Crippen LogP contribution in [0.3, 0.4) is 0 Å². The van der Waals surface area contributed by atoms with E-state index in [1.54, 1.807) is 0 Å². The van der Waals surface area contributed by atoms with Crippen LogP contribution in [0, 0.1) is 25.2 Å². The van der Waals surface area contributed by atoms with Gasteiger partial charge in [-0.05, 0) is 49.7 Å². The third-order valence-electron chi connectivity index (χ3n) is 3.12. The Hall–Kier alpha value is -2.34. The van der Waals surface area contributed by atoms with E-state index in [1.165, 1.54) is 0 Å². The molecule has 0 amide bonds. The summed E-state index contributed by atoms with van der Waals surface area (Å²) in [5.41, 5.74) is 4.90. The van der Waals surface area contributed by atoms with Crippen molar-refractivity contribution in [2.75, 3.05) is 11.9 Å². The Morgan fingerprint density at radius 1 is 1.21 bits per heavy atom. The SMILES string of the molecule is Cc1cccc(CN(C)c2ccc(C#N)c(C)c2)n1. The Balaban J connectivity index is 2.18. The molecular formula is C16H17N3. The molecule has 0 atom stereocenters. The molecule has 3 nitrogen and oxygen atoms in total. The summed E-state index contributed by atoms with van der Waals surface area (Å²) in [7, 11) is 2.03. The van der Waals surface area contributed by atoms with Crippen molar-refractivity contribution in [3.05, 3.63) is 58.9 Å². The summed E-state index contributed by atoms with van der Waals surface area (Å²) in [6.45, 7) is 4.71. The molecular weight excluding hydrogens is 234 g/mol. The first-order valence-electron chi connectivity index (χ1n) is 6.24. The zero-order valence-corrected chi connectivity index (χ0v) is 11.5. The van der Waals surface area contributed by atoms with Crippen LogP contribution in [0.5, 0.6) is 0 Å². The second-order valence-corrected chi connectivity index (χ2v) is 4.74. The Bertz CT molecular complexity index is 626. The Morgan fingerprint density at radius 3 is 2.63 bits per heavy atom. The van der Waals surface area contributed by atoms with Gasteiger partial charge < -0.3 is 4.90 Å². The first-order chi connectivity index (χ1) is 9.10. The van der Waals surface area contributed by atoms with Crippen LogP contribution in [-0.2, 0) is 6.54 Å². The van der Waals surface area contributed by atoms with E-state index in [0.29, 0.717) is 0 Å². The fourth-order valence-corrected chi connectivity index (χ4v) is 2.03. The zero-order valence-electron chi connectivity index (χ0n) is 11.5. The van der Waals surface area contributed by atoms with Gasteiger partial charge in [0, 0.05) is 18.4 Å². The first kappa shape index (κ1) is 13.1. The second kappa shape index (κ2) is 5.53. The molecule has 0 aliphatic carbocycles. The van der Waals surface area contributed by atoms with Crippen molar-refractivity contribution in [3.8, 4) is 6.07 Å². The number of anilines is 1. The summed E-state index contributed by atoms with van der Waals surface area (Å²) in [4.78, 5) is 6.64. The van der Waals surface area contributed by atoms with Crippen molar-refractivity contribution >= 4 is 5.69 Å². The maximum Gasteiger partial charge on any atom is 0.0994 e. The number of aryl methyl sites for hydroxylation is 2. The highest BCUT2D eigenvalue weighted by atomic mass is 15.1. The Morgan fingerprint density at radius 2 is 2.00 bits per heavy atom. The van der Waals surface area contributed by atoms with Gasteiger partial charge in [0.1, 0.15) is 0 Å². The molecule has 0 saturated heterocycles. The van der Waals surface area contributed by atoms with Gasteiger partial charge in [-0.15, -0.1) is 0 Å². The van der Waals surface area contributed by atoms with Gasteiger partial charge in [-0.1, -0.05) is 6.07 Å². The molecule has 0 spiro atoms. The number of pyridine rings is 1. The Labute approximate surface area is 114 Å². The normalized spacial score (nSPS) is 10.0. The fourth-order valence-electron chi connectivity index (χ4n) is 2.03. The minimum absolute atomic E-state index is 0.728. The van der Waals surface area contributed by atoms with Crippen molar-refractivity contribution in [2.45, 2.75) is 20.4 Å². The molecule has 0 bridgehead atoms. The molecule has 19 heavy (non-hydrogen) atoms. The number of nitriles is 1. The molecule has 0 aliphatic rings. The molecule has 0 saturated carbocycles. The summed E-state index contributed by atoms with van der Waals surface area (Å²) < 4.78 is 0. The summed E-state index contributed by atoms with van der Waals surface area (Å²) >= 11 is 0. The van der Waals surface area contributed by atoms with Crippen LogP contribution in [0.25, 0.3) is 0 Å². The predicted octanol–water partition coefficient (Wildman–Crippen LogP) is 3.21. The van der Waals surface area contributed by atoms with Crippen molar-refractivity contribution in [1.82, 2.24) is 4.98 Å². The third-order valence-corrected chi connectivity index (χ3v) is 3.12. The Kier molecular flexibility index (Phi) is 3.82. The van der Waals surface area contributed by atoms with Crippen LogP contribution < -0.4 is 4.90 Å². The van der Waals surface area contributed by atoms with Crippen LogP contribution in [0.1, 0.15) is 22.5 Å². The molecule has 2 rings (SSSR count). The average Bonchev–Trinajstić information content (AvgIpc) is 2.38. The van der Waals surface area contributed by atoms with E-state index in [4.69, 9.17) is 5.26 Å². The molecule has 0 N–H and O–H groups in total. The standard InChI is InChI=1S/C16H17N3/c1-12-9-16(8-7-14(12)10-17)19(3)11-15-6-4-5-13(2)18-15/h4-9H,11H2,1-3H3. The lowest BCUT2D eigenvalue weighted by Gasteiger charge is -2.19. The number of hydrogen-bond acceptors (Lipinski definition) is 3. The van der Waals surface area contributed by atoms with E-state index in [9.17, 15) is 0 Å².